The SMILES string of the molecule is CC(C)CCC(C(=O)CCCOCCOCCOCCC(=O)C(C)C)S(=O)(=O)O. The summed E-state index contributed by atoms with van der Waals surface area (Å²) in [5.41, 5.74) is 0. The minimum absolute atomic E-state index is 0.0289. The molecule has 0 aliphatic heterocycles. The van der Waals surface area contributed by atoms with Crippen molar-refractivity contribution in [2.24, 2.45) is 11.8 Å². The van der Waals surface area contributed by atoms with Crippen molar-refractivity contribution in [3.63, 3.8) is 0 Å². The summed E-state index contributed by atoms with van der Waals surface area (Å²) >= 11 is 0. The van der Waals surface area contributed by atoms with Gasteiger partial charge in [0.2, 0.25) is 0 Å². The predicted octanol–water partition coefficient (Wildman–Crippen LogP) is 2.69. The summed E-state index contributed by atoms with van der Waals surface area (Å²) in [4.78, 5) is 23.5. The molecule has 9 heteroatoms. The fourth-order valence-electron chi connectivity index (χ4n) is 2.47. The maximum Gasteiger partial charge on any atom is 0.274 e. The Labute approximate surface area is 175 Å². The number of ether oxygens (including phenoxy) is 3. The van der Waals surface area contributed by atoms with Gasteiger partial charge in [-0.3, -0.25) is 14.1 Å². The molecule has 0 aromatic carbocycles. The molecule has 0 heterocycles. The first-order valence-corrected chi connectivity index (χ1v) is 11.8. The van der Waals surface area contributed by atoms with E-state index in [2.05, 4.69) is 0 Å². The van der Waals surface area contributed by atoms with Crippen LogP contribution in [0.15, 0.2) is 0 Å². The third-order valence-corrected chi connectivity index (χ3v) is 5.54. The van der Waals surface area contributed by atoms with Crippen LogP contribution in [-0.4, -0.2) is 69.4 Å². The van der Waals surface area contributed by atoms with Gasteiger partial charge in [0, 0.05) is 25.4 Å². The lowest BCUT2D eigenvalue weighted by Gasteiger charge is -2.14. The van der Waals surface area contributed by atoms with Crippen molar-refractivity contribution in [1.29, 1.82) is 0 Å². The van der Waals surface area contributed by atoms with E-state index in [1.165, 1.54) is 0 Å². The zero-order valence-electron chi connectivity index (χ0n) is 18.2. The van der Waals surface area contributed by atoms with Gasteiger partial charge in [-0.15, -0.1) is 0 Å². The van der Waals surface area contributed by atoms with Crippen molar-refractivity contribution in [3.8, 4) is 0 Å². The van der Waals surface area contributed by atoms with Crippen LogP contribution in [0.2, 0.25) is 0 Å². The van der Waals surface area contributed by atoms with Crippen LogP contribution in [0.5, 0.6) is 0 Å². The molecule has 0 spiro atoms. The van der Waals surface area contributed by atoms with E-state index < -0.39 is 21.2 Å². The summed E-state index contributed by atoms with van der Waals surface area (Å²) in [5.74, 6) is -0.00806. The van der Waals surface area contributed by atoms with Gasteiger partial charge >= 0.3 is 0 Å². The molecule has 172 valence electrons. The number of hydrogen-bond donors (Lipinski definition) is 1. The molecule has 0 saturated heterocycles. The minimum Gasteiger partial charge on any atom is -0.379 e. The molecule has 0 aromatic heterocycles. The molecule has 1 atom stereocenters. The average Bonchev–Trinajstić information content (AvgIpc) is 2.60. The van der Waals surface area contributed by atoms with Crippen molar-refractivity contribution in [2.75, 3.05) is 39.6 Å². The van der Waals surface area contributed by atoms with Gasteiger partial charge in [0.1, 0.15) is 11.0 Å². The van der Waals surface area contributed by atoms with Crippen LogP contribution in [-0.2, 0) is 33.9 Å². The number of Topliss-reactive ketones (excluding diaryl/α,β-unsaturated/α-hetero) is 2. The van der Waals surface area contributed by atoms with E-state index >= 15 is 0 Å². The summed E-state index contributed by atoms with van der Waals surface area (Å²) in [7, 11) is -4.37. The van der Waals surface area contributed by atoms with E-state index in [-0.39, 0.29) is 30.5 Å². The quantitative estimate of drug-likeness (QED) is 0.242. The molecule has 0 bridgehead atoms. The van der Waals surface area contributed by atoms with Crippen LogP contribution in [0.1, 0.15) is 59.8 Å². The topological polar surface area (TPSA) is 116 Å². The van der Waals surface area contributed by atoms with Gasteiger partial charge in [0.25, 0.3) is 10.1 Å². The maximum atomic E-state index is 12.1. The fraction of sp³-hybridized carbons (Fsp3) is 0.900. The lowest BCUT2D eigenvalue weighted by Crippen LogP contribution is -2.30. The van der Waals surface area contributed by atoms with E-state index in [1.807, 2.05) is 27.7 Å². The number of hydrogen-bond acceptors (Lipinski definition) is 7. The van der Waals surface area contributed by atoms with Crippen LogP contribution in [0.25, 0.3) is 0 Å². The van der Waals surface area contributed by atoms with Crippen LogP contribution >= 0.6 is 0 Å². The van der Waals surface area contributed by atoms with Crippen molar-refractivity contribution < 1.29 is 36.8 Å². The second kappa shape index (κ2) is 15.9. The lowest BCUT2D eigenvalue weighted by atomic mass is 10.0. The number of ketones is 2. The molecular formula is C20H38O8S. The van der Waals surface area contributed by atoms with Gasteiger partial charge in [-0.1, -0.05) is 27.7 Å². The van der Waals surface area contributed by atoms with Crippen molar-refractivity contribution in [3.05, 3.63) is 0 Å². The first-order chi connectivity index (χ1) is 13.6. The van der Waals surface area contributed by atoms with Gasteiger partial charge in [-0.05, 0) is 25.2 Å². The standard InChI is InChI=1S/C20H38O8S/c1-16(2)7-8-20(29(23,24)25)19(22)6-5-10-26-12-14-28-15-13-27-11-9-18(21)17(3)4/h16-17,20H,5-15H2,1-4H3,(H,23,24,25). The third-order valence-electron chi connectivity index (χ3n) is 4.32. The highest BCUT2D eigenvalue weighted by atomic mass is 32.2. The fourth-order valence-corrected chi connectivity index (χ4v) is 3.36. The Balaban J connectivity index is 3.70. The van der Waals surface area contributed by atoms with Crippen molar-refractivity contribution >= 4 is 21.7 Å². The second-order valence-electron chi connectivity index (χ2n) is 7.75. The van der Waals surface area contributed by atoms with Crippen molar-refractivity contribution in [1.82, 2.24) is 0 Å². The Morgan fingerprint density at radius 2 is 1.28 bits per heavy atom. The predicted molar refractivity (Wildman–Crippen MR) is 111 cm³/mol. The number of carbonyl (C=O) groups excluding carboxylic acids is 2. The molecule has 0 amide bonds. The monoisotopic (exact) mass is 438 g/mol. The van der Waals surface area contributed by atoms with E-state index in [9.17, 15) is 22.6 Å². The Kier molecular flexibility index (Phi) is 15.4. The Morgan fingerprint density at radius 3 is 1.76 bits per heavy atom. The van der Waals surface area contributed by atoms with Crippen LogP contribution in [0, 0.1) is 11.8 Å². The van der Waals surface area contributed by atoms with E-state index in [0.717, 1.165) is 0 Å². The Hall–Kier alpha value is -0.870. The van der Waals surface area contributed by atoms with Crippen LogP contribution in [0.3, 0.4) is 0 Å². The molecule has 0 radical (unpaired) electrons. The van der Waals surface area contributed by atoms with Crippen LogP contribution in [0.4, 0.5) is 0 Å². The van der Waals surface area contributed by atoms with Gasteiger partial charge in [-0.25, -0.2) is 0 Å². The van der Waals surface area contributed by atoms with E-state index in [1.54, 1.807) is 0 Å². The van der Waals surface area contributed by atoms with Gasteiger partial charge in [-0.2, -0.15) is 8.42 Å². The highest BCUT2D eigenvalue weighted by Crippen LogP contribution is 2.15. The number of carbonyl (C=O) groups is 2. The Morgan fingerprint density at radius 1 is 0.759 bits per heavy atom. The lowest BCUT2D eigenvalue weighted by molar-refractivity contribution is -0.123. The zero-order chi connectivity index (χ0) is 22.3. The molecule has 0 aromatic rings. The van der Waals surface area contributed by atoms with Gasteiger partial charge in [0.15, 0.2) is 5.78 Å². The molecule has 1 N–H and O–H groups in total. The molecule has 8 nitrogen and oxygen atoms in total. The van der Waals surface area contributed by atoms with E-state index in [4.69, 9.17) is 14.2 Å². The molecule has 29 heavy (non-hydrogen) atoms. The summed E-state index contributed by atoms with van der Waals surface area (Å²) in [6, 6.07) is 0. The molecule has 0 aliphatic rings. The molecular weight excluding hydrogens is 400 g/mol. The summed E-state index contributed by atoms with van der Waals surface area (Å²) < 4.78 is 48.1. The smallest absolute Gasteiger partial charge is 0.274 e. The summed E-state index contributed by atoms with van der Waals surface area (Å²) in [5, 5.41) is -1.34. The zero-order valence-corrected chi connectivity index (χ0v) is 19.0. The van der Waals surface area contributed by atoms with Crippen molar-refractivity contribution in [2.45, 2.75) is 65.0 Å². The summed E-state index contributed by atoms with van der Waals surface area (Å²) in [6.45, 7) is 9.85. The summed E-state index contributed by atoms with van der Waals surface area (Å²) in [6.07, 6.45) is 1.54. The second-order valence-corrected chi connectivity index (χ2v) is 9.35. The molecule has 1 unspecified atom stereocenters. The van der Waals surface area contributed by atoms with Gasteiger partial charge in [0.05, 0.1) is 33.0 Å². The average molecular weight is 439 g/mol. The third kappa shape index (κ3) is 15.6. The molecule has 0 aliphatic carbocycles. The molecule has 0 rings (SSSR count). The molecule has 0 fully saturated rings. The molecule has 0 saturated carbocycles. The van der Waals surface area contributed by atoms with Crippen LogP contribution < -0.4 is 0 Å². The van der Waals surface area contributed by atoms with E-state index in [0.29, 0.717) is 58.9 Å². The highest BCUT2D eigenvalue weighted by molar-refractivity contribution is 7.87. The normalized spacial score (nSPS) is 13.2. The van der Waals surface area contributed by atoms with Gasteiger partial charge < -0.3 is 14.2 Å². The maximum absolute atomic E-state index is 12.1. The first-order valence-electron chi connectivity index (χ1n) is 10.3. The number of rotatable bonds is 19. The first kappa shape index (κ1) is 28.1. The Bertz CT molecular complexity index is 557. The largest absolute Gasteiger partial charge is 0.379 e. The minimum atomic E-state index is -4.37. The highest BCUT2D eigenvalue weighted by Gasteiger charge is 2.29.